The summed E-state index contributed by atoms with van der Waals surface area (Å²) in [6.07, 6.45) is 0. The monoisotopic (exact) mass is 306 g/mol. The molecule has 1 N–H and O–H groups in total. The van der Waals surface area contributed by atoms with E-state index >= 15 is 0 Å². The van der Waals surface area contributed by atoms with Crippen molar-refractivity contribution in [3.63, 3.8) is 0 Å². The number of rotatable bonds is 4. The molecule has 0 aliphatic heterocycles. The van der Waals surface area contributed by atoms with Gasteiger partial charge in [-0.2, -0.15) is 0 Å². The minimum absolute atomic E-state index is 0.0464. The van der Waals surface area contributed by atoms with Crippen molar-refractivity contribution < 1.29 is 9.90 Å². The predicted molar refractivity (Wildman–Crippen MR) is 84.3 cm³/mol. The Bertz CT molecular complexity index is 664. The normalized spacial score (nSPS) is 10.7. The lowest BCUT2D eigenvalue weighted by Crippen LogP contribution is -2.29. The zero-order chi connectivity index (χ0) is 15.6. The fourth-order valence-corrected chi connectivity index (χ4v) is 2.63. The van der Waals surface area contributed by atoms with Gasteiger partial charge < -0.3 is 14.6 Å². The third-order valence-corrected chi connectivity index (χ3v) is 3.75. The Hall–Kier alpha value is -1.78. The van der Waals surface area contributed by atoms with E-state index in [0.29, 0.717) is 17.1 Å². The summed E-state index contributed by atoms with van der Waals surface area (Å²) in [5.74, 6) is -0.0922. The maximum atomic E-state index is 12.4. The van der Waals surface area contributed by atoms with E-state index in [1.165, 1.54) is 4.90 Å². The lowest BCUT2D eigenvalue weighted by molar-refractivity contribution is 0.0766. The molecule has 0 radical (unpaired) electrons. The molecule has 0 aliphatic carbocycles. The molecule has 1 heterocycles. The number of hydrogen-bond acceptors (Lipinski definition) is 2. The van der Waals surface area contributed by atoms with E-state index in [-0.39, 0.29) is 12.5 Å². The van der Waals surface area contributed by atoms with Gasteiger partial charge in [0.25, 0.3) is 5.91 Å². The smallest absolute Gasteiger partial charge is 0.255 e. The Balaban J connectivity index is 2.45. The Morgan fingerprint density at radius 3 is 2.67 bits per heavy atom. The number of hydrogen-bond donors (Lipinski definition) is 1. The van der Waals surface area contributed by atoms with Crippen LogP contribution in [0.15, 0.2) is 30.3 Å². The van der Waals surface area contributed by atoms with E-state index in [0.717, 1.165) is 17.1 Å². The van der Waals surface area contributed by atoms with E-state index in [9.17, 15) is 4.79 Å². The Morgan fingerprint density at radius 2 is 2.05 bits per heavy atom. The van der Waals surface area contributed by atoms with Crippen LogP contribution < -0.4 is 0 Å². The molecule has 0 fully saturated rings. The van der Waals surface area contributed by atoms with Gasteiger partial charge in [-0.1, -0.05) is 17.7 Å². The average molecular weight is 307 g/mol. The summed E-state index contributed by atoms with van der Waals surface area (Å²) < 4.78 is 2.01. The van der Waals surface area contributed by atoms with Gasteiger partial charge in [-0.15, -0.1) is 0 Å². The van der Waals surface area contributed by atoms with Crippen molar-refractivity contribution in [2.24, 2.45) is 0 Å². The molecule has 4 nitrogen and oxygen atoms in total. The first kappa shape index (κ1) is 15.6. The minimum Gasteiger partial charge on any atom is -0.395 e. The van der Waals surface area contributed by atoms with Crippen LogP contribution in [0.25, 0.3) is 5.69 Å². The van der Waals surface area contributed by atoms with Crippen molar-refractivity contribution in [3.8, 4) is 5.69 Å². The van der Waals surface area contributed by atoms with Crippen molar-refractivity contribution >= 4 is 17.5 Å². The number of carbonyl (C=O) groups excluding carboxylic acids is 1. The molecular formula is C16H19ClN2O2. The van der Waals surface area contributed by atoms with E-state index in [1.807, 2.05) is 48.7 Å². The summed E-state index contributed by atoms with van der Waals surface area (Å²) in [5, 5.41) is 9.61. The largest absolute Gasteiger partial charge is 0.395 e. The van der Waals surface area contributed by atoms with Gasteiger partial charge in [-0.05, 0) is 38.1 Å². The Kier molecular flexibility index (Phi) is 4.70. The maximum absolute atomic E-state index is 12.4. The topological polar surface area (TPSA) is 45.5 Å². The fraction of sp³-hybridized carbons (Fsp3) is 0.312. The highest BCUT2D eigenvalue weighted by atomic mass is 35.5. The van der Waals surface area contributed by atoms with Gasteiger partial charge in [-0.25, -0.2) is 0 Å². The third kappa shape index (κ3) is 3.12. The predicted octanol–water partition coefficient (Wildman–Crippen LogP) is 2.81. The van der Waals surface area contributed by atoms with Crippen LogP contribution in [-0.2, 0) is 0 Å². The average Bonchev–Trinajstić information content (AvgIpc) is 2.73. The van der Waals surface area contributed by atoms with Crippen molar-refractivity contribution in [1.29, 1.82) is 0 Å². The van der Waals surface area contributed by atoms with Crippen molar-refractivity contribution in [2.75, 3.05) is 20.2 Å². The SMILES string of the molecule is Cc1cc(C(=O)N(C)CCO)c(C)n1-c1cccc(Cl)c1. The number of aliphatic hydroxyl groups is 1. The summed E-state index contributed by atoms with van der Waals surface area (Å²) in [6.45, 7) is 4.14. The lowest BCUT2D eigenvalue weighted by atomic mass is 10.2. The van der Waals surface area contributed by atoms with Crippen LogP contribution in [0, 0.1) is 13.8 Å². The summed E-state index contributed by atoms with van der Waals surface area (Å²) in [7, 11) is 1.68. The van der Waals surface area contributed by atoms with Crippen molar-refractivity contribution in [2.45, 2.75) is 13.8 Å². The standard InChI is InChI=1S/C16H19ClN2O2/c1-11-9-15(16(21)18(3)7-8-20)12(2)19(11)14-6-4-5-13(17)10-14/h4-6,9-10,20H,7-8H2,1-3H3. The quantitative estimate of drug-likeness (QED) is 0.944. The lowest BCUT2D eigenvalue weighted by Gasteiger charge is -2.16. The van der Waals surface area contributed by atoms with Crippen LogP contribution in [0.5, 0.6) is 0 Å². The van der Waals surface area contributed by atoms with Crippen LogP contribution >= 0.6 is 11.6 Å². The van der Waals surface area contributed by atoms with Crippen molar-refractivity contribution in [3.05, 3.63) is 52.3 Å². The highest BCUT2D eigenvalue weighted by Gasteiger charge is 2.19. The first-order valence-electron chi connectivity index (χ1n) is 6.77. The van der Waals surface area contributed by atoms with E-state index < -0.39 is 0 Å². The summed E-state index contributed by atoms with van der Waals surface area (Å²) in [5.41, 5.74) is 3.41. The van der Waals surface area contributed by atoms with E-state index in [4.69, 9.17) is 16.7 Å². The molecule has 2 rings (SSSR count). The van der Waals surface area contributed by atoms with Gasteiger partial charge in [0.2, 0.25) is 0 Å². The number of aliphatic hydroxyl groups excluding tert-OH is 1. The number of amides is 1. The highest BCUT2D eigenvalue weighted by molar-refractivity contribution is 6.30. The molecule has 112 valence electrons. The molecular weight excluding hydrogens is 288 g/mol. The molecule has 0 spiro atoms. The van der Waals surface area contributed by atoms with Crippen LogP contribution in [0.3, 0.4) is 0 Å². The molecule has 0 unspecified atom stereocenters. The van der Waals surface area contributed by atoms with Gasteiger partial charge in [0, 0.05) is 35.7 Å². The summed E-state index contributed by atoms with van der Waals surface area (Å²) in [6, 6.07) is 9.40. The van der Waals surface area contributed by atoms with Crippen LogP contribution in [0.2, 0.25) is 5.02 Å². The van der Waals surface area contributed by atoms with Gasteiger partial charge in [0.05, 0.1) is 12.2 Å². The number of aryl methyl sites for hydroxylation is 1. The minimum atomic E-state index is -0.0922. The van der Waals surface area contributed by atoms with E-state index in [2.05, 4.69) is 0 Å². The molecule has 5 heteroatoms. The first-order chi connectivity index (χ1) is 9.95. The number of halogens is 1. The fourth-order valence-electron chi connectivity index (χ4n) is 2.45. The molecule has 0 bridgehead atoms. The van der Waals surface area contributed by atoms with Gasteiger partial charge in [0.15, 0.2) is 0 Å². The molecule has 2 aromatic rings. The van der Waals surface area contributed by atoms with Crippen molar-refractivity contribution in [1.82, 2.24) is 9.47 Å². The molecule has 21 heavy (non-hydrogen) atoms. The van der Waals surface area contributed by atoms with Gasteiger partial charge >= 0.3 is 0 Å². The first-order valence-corrected chi connectivity index (χ1v) is 7.14. The number of aromatic nitrogens is 1. The molecule has 0 atom stereocenters. The number of benzene rings is 1. The molecule has 1 aromatic carbocycles. The van der Waals surface area contributed by atoms with E-state index in [1.54, 1.807) is 7.05 Å². The Morgan fingerprint density at radius 1 is 1.33 bits per heavy atom. The second kappa shape index (κ2) is 6.33. The number of likely N-dealkylation sites (N-methyl/N-ethyl adjacent to an activating group) is 1. The van der Waals surface area contributed by atoms with Gasteiger partial charge in [-0.3, -0.25) is 4.79 Å². The molecule has 0 saturated heterocycles. The molecule has 0 aliphatic rings. The number of nitrogens with zero attached hydrogens (tertiary/aromatic N) is 2. The third-order valence-electron chi connectivity index (χ3n) is 3.51. The summed E-state index contributed by atoms with van der Waals surface area (Å²) >= 11 is 6.04. The zero-order valence-electron chi connectivity index (χ0n) is 12.4. The second-order valence-electron chi connectivity index (χ2n) is 5.05. The second-order valence-corrected chi connectivity index (χ2v) is 5.49. The molecule has 1 aromatic heterocycles. The van der Waals surface area contributed by atoms with Crippen LogP contribution in [0.4, 0.5) is 0 Å². The molecule has 1 amide bonds. The molecule has 0 saturated carbocycles. The van der Waals surface area contributed by atoms with Gasteiger partial charge in [0.1, 0.15) is 0 Å². The van der Waals surface area contributed by atoms with Crippen LogP contribution in [-0.4, -0.2) is 40.7 Å². The highest BCUT2D eigenvalue weighted by Crippen LogP contribution is 2.23. The van der Waals surface area contributed by atoms with Crippen LogP contribution in [0.1, 0.15) is 21.7 Å². The maximum Gasteiger partial charge on any atom is 0.255 e. The Labute approximate surface area is 129 Å². The summed E-state index contributed by atoms with van der Waals surface area (Å²) in [4.78, 5) is 13.9. The number of carbonyl (C=O) groups is 1. The zero-order valence-corrected chi connectivity index (χ0v) is 13.2.